The molecule has 23 heavy (non-hydrogen) atoms. The maximum Gasteiger partial charge on any atom is 0.165 e. The Kier molecular flexibility index (Phi) is 4.44. The third-order valence-electron chi connectivity index (χ3n) is 4.09. The van der Waals surface area contributed by atoms with Crippen LogP contribution in [0.2, 0.25) is 0 Å². The molecule has 0 saturated carbocycles. The van der Waals surface area contributed by atoms with Gasteiger partial charge in [0, 0.05) is 14.1 Å². The second-order valence-electron chi connectivity index (χ2n) is 5.92. The van der Waals surface area contributed by atoms with E-state index in [0.29, 0.717) is 17.0 Å². The first-order chi connectivity index (χ1) is 11.0. The molecular weight excluding hydrogens is 302 g/mol. The third kappa shape index (κ3) is 2.88. The molecule has 126 valence electrons. The number of ether oxygens (including phenoxy) is 1. The molecular formula is C14H21N5O4. The Morgan fingerprint density at radius 3 is 2.78 bits per heavy atom. The van der Waals surface area contributed by atoms with Gasteiger partial charge in [0.1, 0.15) is 18.5 Å². The Morgan fingerprint density at radius 1 is 1.30 bits per heavy atom. The van der Waals surface area contributed by atoms with Crippen LogP contribution in [0.25, 0.3) is 11.2 Å². The molecule has 3 N–H and O–H groups in total. The first kappa shape index (κ1) is 16.1. The lowest BCUT2D eigenvalue weighted by Crippen LogP contribution is -2.37. The van der Waals surface area contributed by atoms with Gasteiger partial charge in [-0.05, 0) is 6.42 Å². The highest BCUT2D eigenvalue weighted by Gasteiger charge is 2.36. The lowest BCUT2D eigenvalue weighted by molar-refractivity contribution is -0.0735. The van der Waals surface area contributed by atoms with E-state index in [9.17, 15) is 15.3 Å². The lowest BCUT2D eigenvalue weighted by atomic mass is 10.0. The highest BCUT2D eigenvalue weighted by atomic mass is 16.5. The van der Waals surface area contributed by atoms with Crippen LogP contribution in [0.1, 0.15) is 12.5 Å². The molecule has 2 aromatic rings. The molecule has 0 spiro atoms. The van der Waals surface area contributed by atoms with E-state index in [-0.39, 0.29) is 19.6 Å². The molecule has 1 saturated heterocycles. The molecule has 0 unspecified atom stereocenters. The number of fused-ring (bicyclic) bond motifs is 1. The number of hydrogen-bond acceptors (Lipinski definition) is 8. The Hall–Kier alpha value is -1.81. The topological polar surface area (TPSA) is 117 Å². The van der Waals surface area contributed by atoms with E-state index in [4.69, 9.17) is 4.74 Å². The van der Waals surface area contributed by atoms with Gasteiger partial charge in [-0.1, -0.05) is 0 Å². The molecule has 1 aliphatic heterocycles. The zero-order chi connectivity index (χ0) is 16.6. The molecule has 0 aromatic carbocycles. The van der Waals surface area contributed by atoms with E-state index >= 15 is 0 Å². The molecule has 3 heterocycles. The van der Waals surface area contributed by atoms with Gasteiger partial charge in [-0.25, -0.2) is 15.0 Å². The molecule has 9 nitrogen and oxygen atoms in total. The van der Waals surface area contributed by atoms with E-state index in [1.165, 1.54) is 6.33 Å². The summed E-state index contributed by atoms with van der Waals surface area (Å²) in [5.74, 6) is 0.673. The van der Waals surface area contributed by atoms with E-state index < -0.39 is 24.4 Å². The first-order valence-electron chi connectivity index (χ1n) is 7.46. The van der Waals surface area contributed by atoms with Crippen LogP contribution in [0.4, 0.5) is 5.82 Å². The average molecular weight is 323 g/mol. The number of nitrogens with zero attached hydrogens (tertiary/aromatic N) is 5. The number of aromatic nitrogens is 4. The summed E-state index contributed by atoms with van der Waals surface area (Å²) in [6.07, 6.45) is 0.822. The van der Waals surface area contributed by atoms with E-state index in [2.05, 4.69) is 15.0 Å². The Balaban J connectivity index is 2.05. The SMILES string of the molecule is CN(C)c1ncnc2c1ncn2[C@H]1C[C@@H](O)CO[C@H](CO)[C@@H]1O. The fraction of sp³-hybridized carbons (Fsp3) is 0.643. The molecule has 1 fully saturated rings. The highest BCUT2D eigenvalue weighted by molar-refractivity contribution is 5.83. The van der Waals surface area contributed by atoms with Crippen molar-refractivity contribution in [3.05, 3.63) is 12.7 Å². The summed E-state index contributed by atoms with van der Waals surface area (Å²) in [4.78, 5) is 14.7. The minimum atomic E-state index is -0.979. The summed E-state index contributed by atoms with van der Waals surface area (Å²) in [6, 6.07) is -0.500. The minimum absolute atomic E-state index is 0.0728. The van der Waals surface area contributed by atoms with Gasteiger partial charge in [0.05, 0.1) is 31.7 Å². The van der Waals surface area contributed by atoms with E-state index in [1.54, 1.807) is 10.9 Å². The van der Waals surface area contributed by atoms with Crippen molar-refractivity contribution in [1.82, 2.24) is 19.5 Å². The zero-order valence-electron chi connectivity index (χ0n) is 13.1. The van der Waals surface area contributed by atoms with Gasteiger partial charge in [-0.2, -0.15) is 0 Å². The molecule has 3 rings (SSSR count). The summed E-state index contributed by atoms with van der Waals surface area (Å²) in [6.45, 7) is -0.252. The zero-order valence-corrected chi connectivity index (χ0v) is 13.1. The molecule has 0 amide bonds. The van der Waals surface area contributed by atoms with Crippen molar-refractivity contribution in [2.24, 2.45) is 0 Å². The van der Waals surface area contributed by atoms with Crippen molar-refractivity contribution in [3.8, 4) is 0 Å². The number of aliphatic hydroxyl groups excluding tert-OH is 3. The number of anilines is 1. The smallest absolute Gasteiger partial charge is 0.165 e. The fourth-order valence-electron chi connectivity index (χ4n) is 2.92. The quantitative estimate of drug-likeness (QED) is 0.654. The molecule has 0 bridgehead atoms. The van der Waals surface area contributed by atoms with Gasteiger partial charge in [0.15, 0.2) is 17.0 Å². The van der Waals surface area contributed by atoms with Gasteiger partial charge in [0.25, 0.3) is 0 Å². The number of aliphatic hydroxyl groups is 3. The molecule has 4 atom stereocenters. The van der Waals surface area contributed by atoms with Gasteiger partial charge in [0.2, 0.25) is 0 Å². The second-order valence-corrected chi connectivity index (χ2v) is 5.92. The van der Waals surface area contributed by atoms with Gasteiger partial charge < -0.3 is 29.5 Å². The van der Waals surface area contributed by atoms with E-state index in [1.807, 2.05) is 19.0 Å². The van der Waals surface area contributed by atoms with Crippen LogP contribution in [0.5, 0.6) is 0 Å². The summed E-state index contributed by atoms with van der Waals surface area (Å²) in [5.41, 5.74) is 1.18. The van der Waals surface area contributed by atoms with Gasteiger partial charge in [-0.15, -0.1) is 0 Å². The average Bonchev–Trinajstić information content (AvgIpc) is 2.90. The van der Waals surface area contributed by atoms with Crippen LogP contribution in [-0.2, 0) is 4.74 Å². The van der Waals surface area contributed by atoms with Crippen LogP contribution >= 0.6 is 0 Å². The summed E-state index contributed by atoms with van der Waals surface area (Å²) in [7, 11) is 3.72. The standard InChI is InChI=1S/C14H21N5O4/c1-18(2)13-11-14(16-6-15-13)19(7-17-11)9-3-8(21)5-23-10(4-20)12(9)22/h6-10,12,20-22H,3-5H2,1-2H3/t8-,9+,10-,12-/m1/s1. The molecule has 1 aliphatic rings. The highest BCUT2D eigenvalue weighted by Crippen LogP contribution is 2.30. The fourth-order valence-corrected chi connectivity index (χ4v) is 2.92. The van der Waals surface area contributed by atoms with Gasteiger partial charge >= 0.3 is 0 Å². The van der Waals surface area contributed by atoms with Crippen LogP contribution in [0, 0.1) is 0 Å². The van der Waals surface area contributed by atoms with E-state index in [0.717, 1.165) is 0 Å². The van der Waals surface area contributed by atoms with Gasteiger partial charge in [-0.3, -0.25) is 0 Å². The Labute approximate surface area is 133 Å². The minimum Gasteiger partial charge on any atom is -0.394 e. The molecule has 0 aliphatic carbocycles. The summed E-state index contributed by atoms with van der Waals surface area (Å²) >= 11 is 0. The monoisotopic (exact) mass is 323 g/mol. The van der Waals surface area contributed by atoms with Crippen molar-refractivity contribution in [2.75, 3.05) is 32.2 Å². The molecule has 2 aromatic heterocycles. The van der Waals surface area contributed by atoms with Crippen LogP contribution in [0.15, 0.2) is 12.7 Å². The maximum absolute atomic E-state index is 10.5. The molecule has 9 heteroatoms. The first-order valence-corrected chi connectivity index (χ1v) is 7.46. The van der Waals surface area contributed by atoms with Crippen molar-refractivity contribution in [3.63, 3.8) is 0 Å². The van der Waals surface area contributed by atoms with Crippen molar-refractivity contribution < 1.29 is 20.1 Å². The number of hydrogen-bond donors (Lipinski definition) is 3. The number of imidazole rings is 1. The van der Waals surface area contributed by atoms with Crippen molar-refractivity contribution in [2.45, 2.75) is 30.8 Å². The largest absolute Gasteiger partial charge is 0.394 e. The summed E-state index contributed by atoms with van der Waals surface area (Å²) in [5, 5.41) is 29.9. The Bertz CT molecular complexity index is 676. The van der Waals surface area contributed by atoms with Crippen LogP contribution in [0.3, 0.4) is 0 Å². The van der Waals surface area contributed by atoms with Crippen molar-refractivity contribution in [1.29, 1.82) is 0 Å². The maximum atomic E-state index is 10.5. The molecule has 0 radical (unpaired) electrons. The predicted octanol–water partition coefficient (Wildman–Crippen LogP) is -1.06. The predicted molar refractivity (Wildman–Crippen MR) is 82.1 cm³/mol. The lowest BCUT2D eigenvalue weighted by Gasteiger charge is -2.26. The van der Waals surface area contributed by atoms with Crippen molar-refractivity contribution >= 4 is 17.0 Å². The second kappa shape index (κ2) is 6.36. The van der Waals surface area contributed by atoms with Crippen LogP contribution < -0.4 is 4.90 Å². The van der Waals surface area contributed by atoms with Crippen LogP contribution in [-0.4, -0.2) is 80.5 Å². The third-order valence-corrected chi connectivity index (χ3v) is 4.09. The summed E-state index contributed by atoms with van der Waals surface area (Å²) < 4.78 is 7.07. The number of rotatable bonds is 3. The normalized spacial score (nSPS) is 28.7. The Morgan fingerprint density at radius 2 is 2.09 bits per heavy atom.